The highest BCUT2D eigenvalue weighted by molar-refractivity contribution is 5.52. The summed E-state index contributed by atoms with van der Waals surface area (Å²) in [6.07, 6.45) is 0. The van der Waals surface area contributed by atoms with E-state index in [-0.39, 0.29) is 0 Å². The van der Waals surface area contributed by atoms with E-state index in [2.05, 4.69) is 6.07 Å². The minimum Gasteiger partial charge on any atom is -0.398 e. The summed E-state index contributed by atoms with van der Waals surface area (Å²) in [7, 11) is 0. The Hall–Kier alpha value is -1.02. The van der Waals surface area contributed by atoms with Crippen molar-refractivity contribution in [1.29, 1.82) is 0 Å². The Balaban J connectivity index is 3.21. The molecule has 60 valence electrons. The minimum absolute atomic E-state index is 0.561. The van der Waals surface area contributed by atoms with Gasteiger partial charge in [0, 0.05) is 12.2 Å². The van der Waals surface area contributed by atoms with Crippen molar-refractivity contribution in [2.75, 3.05) is 5.73 Å². The molecule has 0 aliphatic heterocycles. The molecule has 0 heterocycles. The highest BCUT2D eigenvalue weighted by atomic mass is 14.6. The fraction of sp³-hybridized carbons (Fsp3) is 0.333. The number of nitrogens with two attached hydrogens (primary N) is 2. The normalized spacial score (nSPS) is 10.1. The molecule has 1 rings (SSSR count). The van der Waals surface area contributed by atoms with Crippen LogP contribution in [-0.2, 0) is 6.54 Å². The van der Waals surface area contributed by atoms with Crippen LogP contribution in [-0.4, -0.2) is 0 Å². The molecule has 1 aromatic carbocycles. The molecule has 0 fully saturated rings. The number of rotatable bonds is 1. The quantitative estimate of drug-likeness (QED) is 0.594. The van der Waals surface area contributed by atoms with E-state index in [0.717, 1.165) is 16.8 Å². The van der Waals surface area contributed by atoms with Crippen molar-refractivity contribution >= 4 is 5.69 Å². The third-order valence-electron chi connectivity index (χ3n) is 2.00. The van der Waals surface area contributed by atoms with Gasteiger partial charge in [-0.05, 0) is 36.6 Å². The van der Waals surface area contributed by atoms with Gasteiger partial charge in [0.15, 0.2) is 0 Å². The van der Waals surface area contributed by atoms with Gasteiger partial charge >= 0.3 is 0 Å². The molecular formula is C9H14N2. The molecule has 1 aromatic rings. The van der Waals surface area contributed by atoms with Crippen molar-refractivity contribution in [3.8, 4) is 0 Å². The Morgan fingerprint density at radius 3 is 2.36 bits per heavy atom. The molecule has 4 N–H and O–H groups in total. The lowest BCUT2D eigenvalue weighted by atomic mass is 10.0. The zero-order valence-electron chi connectivity index (χ0n) is 7.02. The zero-order chi connectivity index (χ0) is 8.43. The summed E-state index contributed by atoms with van der Waals surface area (Å²) in [6, 6.07) is 4.01. The molecule has 0 bridgehead atoms. The number of hydrogen-bond acceptors (Lipinski definition) is 2. The van der Waals surface area contributed by atoms with Crippen LogP contribution >= 0.6 is 0 Å². The summed E-state index contributed by atoms with van der Waals surface area (Å²) in [5.74, 6) is 0. The lowest BCUT2D eigenvalue weighted by Gasteiger charge is -2.06. The lowest BCUT2D eigenvalue weighted by molar-refractivity contribution is 1.06. The van der Waals surface area contributed by atoms with Crippen LogP contribution in [0.15, 0.2) is 12.1 Å². The maximum absolute atomic E-state index is 5.74. The lowest BCUT2D eigenvalue weighted by Crippen LogP contribution is -2.00. The molecule has 2 heteroatoms. The Morgan fingerprint density at radius 1 is 1.27 bits per heavy atom. The number of benzene rings is 1. The van der Waals surface area contributed by atoms with Gasteiger partial charge in [-0.2, -0.15) is 0 Å². The first-order valence-corrected chi connectivity index (χ1v) is 3.71. The summed E-state index contributed by atoms with van der Waals surface area (Å²) in [4.78, 5) is 0. The molecule has 0 amide bonds. The molecular weight excluding hydrogens is 136 g/mol. The van der Waals surface area contributed by atoms with E-state index in [1.807, 2.05) is 19.9 Å². The molecule has 2 nitrogen and oxygen atoms in total. The molecule has 0 saturated heterocycles. The minimum atomic E-state index is 0.561. The van der Waals surface area contributed by atoms with Gasteiger partial charge in [0.05, 0.1) is 0 Å². The molecule has 11 heavy (non-hydrogen) atoms. The molecule has 0 aliphatic carbocycles. The third-order valence-corrected chi connectivity index (χ3v) is 2.00. The second kappa shape index (κ2) is 2.93. The summed E-state index contributed by atoms with van der Waals surface area (Å²) >= 11 is 0. The highest BCUT2D eigenvalue weighted by Gasteiger charge is 1.98. The van der Waals surface area contributed by atoms with E-state index < -0.39 is 0 Å². The topological polar surface area (TPSA) is 52.0 Å². The van der Waals surface area contributed by atoms with Crippen molar-refractivity contribution in [1.82, 2.24) is 0 Å². The predicted molar refractivity (Wildman–Crippen MR) is 48.2 cm³/mol. The van der Waals surface area contributed by atoms with Crippen LogP contribution in [0.4, 0.5) is 5.69 Å². The van der Waals surface area contributed by atoms with Gasteiger partial charge in [0.2, 0.25) is 0 Å². The van der Waals surface area contributed by atoms with Crippen LogP contribution in [0.2, 0.25) is 0 Å². The SMILES string of the molecule is Cc1cc(CN)cc(N)c1C. The van der Waals surface area contributed by atoms with Crippen LogP contribution < -0.4 is 11.5 Å². The van der Waals surface area contributed by atoms with Gasteiger partial charge in [0.25, 0.3) is 0 Å². The van der Waals surface area contributed by atoms with Crippen LogP contribution in [0, 0.1) is 13.8 Å². The number of anilines is 1. The van der Waals surface area contributed by atoms with E-state index in [0.29, 0.717) is 6.54 Å². The zero-order valence-corrected chi connectivity index (χ0v) is 7.02. The number of nitrogen functional groups attached to an aromatic ring is 1. The average Bonchev–Trinajstić information content (AvgIpc) is 1.99. The first-order chi connectivity index (χ1) is 5.15. The maximum Gasteiger partial charge on any atom is 0.0349 e. The smallest absolute Gasteiger partial charge is 0.0349 e. The maximum atomic E-state index is 5.74. The van der Waals surface area contributed by atoms with Crippen molar-refractivity contribution < 1.29 is 0 Å². The van der Waals surface area contributed by atoms with Gasteiger partial charge in [-0.15, -0.1) is 0 Å². The Bertz CT molecular complexity index is 243. The van der Waals surface area contributed by atoms with E-state index in [9.17, 15) is 0 Å². The summed E-state index contributed by atoms with van der Waals surface area (Å²) in [6.45, 7) is 4.63. The van der Waals surface area contributed by atoms with Crippen LogP contribution in [0.3, 0.4) is 0 Å². The van der Waals surface area contributed by atoms with Crippen LogP contribution in [0.5, 0.6) is 0 Å². The summed E-state index contributed by atoms with van der Waals surface area (Å²) < 4.78 is 0. The van der Waals surface area contributed by atoms with E-state index >= 15 is 0 Å². The molecule has 0 atom stereocenters. The van der Waals surface area contributed by atoms with Crippen molar-refractivity contribution in [3.63, 3.8) is 0 Å². The van der Waals surface area contributed by atoms with Gasteiger partial charge in [0.1, 0.15) is 0 Å². The highest BCUT2D eigenvalue weighted by Crippen LogP contribution is 2.17. The first kappa shape index (κ1) is 8.08. The molecule has 0 aliphatic rings. The van der Waals surface area contributed by atoms with E-state index in [1.54, 1.807) is 0 Å². The molecule has 0 spiro atoms. The molecule has 0 saturated carbocycles. The van der Waals surface area contributed by atoms with Gasteiger partial charge in [-0.3, -0.25) is 0 Å². The fourth-order valence-corrected chi connectivity index (χ4v) is 1.08. The molecule has 0 unspecified atom stereocenters. The Kier molecular flexibility index (Phi) is 2.15. The summed E-state index contributed by atoms with van der Waals surface area (Å²) in [5, 5.41) is 0. The predicted octanol–water partition coefficient (Wildman–Crippen LogP) is 1.34. The largest absolute Gasteiger partial charge is 0.398 e. The Morgan fingerprint density at radius 2 is 1.91 bits per heavy atom. The van der Waals surface area contributed by atoms with Crippen molar-refractivity contribution in [3.05, 3.63) is 28.8 Å². The van der Waals surface area contributed by atoms with Gasteiger partial charge in [-0.25, -0.2) is 0 Å². The molecule has 0 radical (unpaired) electrons. The monoisotopic (exact) mass is 150 g/mol. The third kappa shape index (κ3) is 1.52. The fourth-order valence-electron chi connectivity index (χ4n) is 1.08. The molecule has 0 aromatic heterocycles. The first-order valence-electron chi connectivity index (χ1n) is 3.71. The van der Waals surface area contributed by atoms with Gasteiger partial charge in [-0.1, -0.05) is 6.07 Å². The van der Waals surface area contributed by atoms with Crippen molar-refractivity contribution in [2.45, 2.75) is 20.4 Å². The Labute approximate surface area is 67.2 Å². The second-order valence-corrected chi connectivity index (χ2v) is 2.83. The standard InChI is InChI=1S/C9H14N2/c1-6-3-8(5-10)4-9(11)7(6)2/h3-4H,5,10-11H2,1-2H3. The van der Waals surface area contributed by atoms with Gasteiger partial charge < -0.3 is 11.5 Å². The summed E-state index contributed by atoms with van der Waals surface area (Å²) in [5.41, 5.74) is 15.5. The van der Waals surface area contributed by atoms with Crippen molar-refractivity contribution in [2.24, 2.45) is 5.73 Å². The number of aryl methyl sites for hydroxylation is 1. The van der Waals surface area contributed by atoms with Crippen LogP contribution in [0.1, 0.15) is 16.7 Å². The van der Waals surface area contributed by atoms with Crippen LogP contribution in [0.25, 0.3) is 0 Å². The second-order valence-electron chi connectivity index (χ2n) is 2.83. The van der Waals surface area contributed by atoms with E-state index in [4.69, 9.17) is 11.5 Å². The average molecular weight is 150 g/mol. The van der Waals surface area contributed by atoms with E-state index in [1.165, 1.54) is 5.56 Å². The number of hydrogen-bond donors (Lipinski definition) is 2.